The number of hydrogen-bond donors (Lipinski definition) is 1. The summed E-state index contributed by atoms with van der Waals surface area (Å²) in [5, 5.41) is 0. The van der Waals surface area contributed by atoms with E-state index >= 15 is 0 Å². The second-order valence-corrected chi connectivity index (χ2v) is 3.20. The van der Waals surface area contributed by atoms with Crippen molar-refractivity contribution in [3.05, 3.63) is 11.6 Å². The van der Waals surface area contributed by atoms with Crippen molar-refractivity contribution in [1.82, 2.24) is 0 Å². The number of allylic oxidation sites excluding steroid dienone is 2. The van der Waals surface area contributed by atoms with E-state index in [1.54, 1.807) is 0 Å². The first kappa shape index (κ1) is 9.70. The fraction of sp³-hybridized carbons (Fsp3) is 0.778. The van der Waals surface area contributed by atoms with E-state index in [-0.39, 0.29) is 0 Å². The van der Waals surface area contributed by atoms with Crippen molar-refractivity contribution in [2.45, 2.75) is 33.6 Å². The van der Waals surface area contributed by atoms with Crippen molar-refractivity contribution in [1.29, 1.82) is 0 Å². The van der Waals surface area contributed by atoms with E-state index in [1.807, 2.05) is 0 Å². The highest BCUT2D eigenvalue weighted by molar-refractivity contribution is 4.92. The van der Waals surface area contributed by atoms with E-state index < -0.39 is 0 Å². The summed E-state index contributed by atoms with van der Waals surface area (Å²) in [6.45, 7) is 7.27. The summed E-state index contributed by atoms with van der Waals surface area (Å²) in [6, 6.07) is 0. The van der Waals surface area contributed by atoms with Gasteiger partial charge >= 0.3 is 0 Å². The molecule has 0 heterocycles. The van der Waals surface area contributed by atoms with Crippen LogP contribution in [0.3, 0.4) is 0 Å². The van der Waals surface area contributed by atoms with Crippen LogP contribution in [0.4, 0.5) is 0 Å². The lowest BCUT2D eigenvalue weighted by Gasteiger charge is -2.04. The summed E-state index contributed by atoms with van der Waals surface area (Å²) < 4.78 is 0. The Morgan fingerprint density at radius 1 is 1.50 bits per heavy atom. The van der Waals surface area contributed by atoms with E-state index in [2.05, 4.69) is 26.8 Å². The molecular formula is C9H19N. The van der Waals surface area contributed by atoms with Crippen LogP contribution in [0.25, 0.3) is 0 Å². The van der Waals surface area contributed by atoms with Crippen molar-refractivity contribution < 1.29 is 0 Å². The fourth-order valence-corrected chi connectivity index (χ4v) is 0.774. The Labute approximate surface area is 64.3 Å². The molecule has 0 fully saturated rings. The van der Waals surface area contributed by atoms with Gasteiger partial charge in [0.1, 0.15) is 0 Å². The van der Waals surface area contributed by atoms with Gasteiger partial charge in [0, 0.05) is 0 Å². The lowest BCUT2D eigenvalue weighted by Crippen LogP contribution is -2.09. The van der Waals surface area contributed by atoms with Gasteiger partial charge in [0.15, 0.2) is 0 Å². The van der Waals surface area contributed by atoms with E-state index in [4.69, 9.17) is 5.73 Å². The van der Waals surface area contributed by atoms with E-state index in [0.29, 0.717) is 5.92 Å². The molecule has 0 saturated carbocycles. The summed E-state index contributed by atoms with van der Waals surface area (Å²) in [5.74, 6) is 0.676. The molecule has 0 aliphatic rings. The van der Waals surface area contributed by atoms with Crippen LogP contribution in [0, 0.1) is 5.92 Å². The molecule has 2 N–H and O–H groups in total. The first-order chi connectivity index (χ1) is 4.66. The van der Waals surface area contributed by atoms with Gasteiger partial charge in [-0.25, -0.2) is 0 Å². The molecule has 1 nitrogen and oxygen atoms in total. The maximum atomic E-state index is 5.47. The van der Waals surface area contributed by atoms with Gasteiger partial charge in [0.25, 0.3) is 0 Å². The molecule has 0 unspecified atom stereocenters. The van der Waals surface area contributed by atoms with Crippen molar-refractivity contribution in [3.8, 4) is 0 Å². The van der Waals surface area contributed by atoms with Crippen LogP contribution in [0.5, 0.6) is 0 Å². The van der Waals surface area contributed by atoms with Crippen LogP contribution < -0.4 is 5.73 Å². The predicted octanol–water partition coefficient (Wildman–Crippen LogP) is 2.33. The molecule has 1 atom stereocenters. The van der Waals surface area contributed by atoms with Crippen molar-refractivity contribution in [3.63, 3.8) is 0 Å². The van der Waals surface area contributed by atoms with Crippen LogP contribution in [0.1, 0.15) is 33.6 Å². The van der Waals surface area contributed by atoms with Crippen LogP contribution in [-0.2, 0) is 0 Å². The van der Waals surface area contributed by atoms with Gasteiger partial charge in [-0.3, -0.25) is 0 Å². The van der Waals surface area contributed by atoms with Crippen LogP contribution >= 0.6 is 0 Å². The van der Waals surface area contributed by atoms with Crippen molar-refractivity contribution in [2.75, 3.05) is 6.54 Å². The summed E-state index contributed by atoms with van der Waals surface area (Å²) in [4.78, 5) is 0. The molecule has 0 spiro atoms. The highest BCUT2D eigenvalue weighted by Crippen LogP contribution is 2.05. The average Bonchev–Trinajstić information content (AvgIpc) is 1.87. The lowest BCUT2D eigenvalue weighted by molar-refractivity contribution is 0.550. The van der Waals surface area contributed by atoms with Gasteiger partial charge in [-0.05, 0) is 39.2 Å². The third kappa shape index (κ3) is 5.83. The lowest BCUT2D eigenvalue weighted by atomic mass is 10.1. The van der Waals surface area contributed by atoms with E-state index in [1.165, 1.54) is 18.4 Å². The zero-order valence-electron chi connectivity index (χ0n) is 7.35. The third-order valence-corrected chi connectivity index (χ3v) is 1.61. The first-order valence-electron chi connectivity index (χ1n) is 4.00. The topological polar surface area (TPSA) is 26.0 Å². The van der Waals surface area contributed by atoms with Gasteiger partial charge < -0.3 is 5.73 Å². The molecule has 0 aromatic heterocycles. The third-order valence-electron chi connectivity index (χ3n) is 1.61. The molecule has 10 heavy (non-hydrogen) atoms. The Balaban J connectivity index is 3.28. The minimum absolute atomic E-state index is 0.676. The fourth-order valence-electron chi connectivity index (χ4n) is 0.774. The normalized spacial score (nSPS) is 12.8. The van der Waals surface area contributed by atoms with Gasteiger partial charge in [-0.2, -0.15) is 0 Å². The predicted molar refractivity (Wildman–Crippen MR) is 46.9 cm³/mol. The zero-order valence-corrected chi connectivity index (χ0v) is 7.35. The molecule has 0 radical (unpaired) electrons. The Morgan fingerprint density at radius 2 is 2.10 bits per heavy atom. The quantitative estimate of drug-likeness (QED) is 0.597. The van der Waals surface area contributed by atoms with Crippen LogP contribution in [0.15, 0.2) is 11.6 Å². The van der Waals surface area contributed by atoms with E-state index in [9.17, 15) is 0 Å². The molecular weight excluding hydrogens is 122 g/mol. The monoisotopic (exact) mass is 141 g/mol. The first-order valence-corrected chi connectivity index (χ1v) is 4.00. The molecule has 0 amide bonds. The van der Waals surface area contributed by atoms with Crippen molar-refractivity contribution >= 4 is 0 Å². The smallest absolute Gasteiger partial charge is 0.00514 e. The second-order valence-electron chi connectivity index (χ2n) is 3.20. The average molecular weight is 141 g/mol. The van der Waals surface area contributed by atoms with Gasteiger partial charge in [-0.15, -0.1) is 0 Å². The van der Waals surface area contributed by atoms with Gasteiger partial charge in [0.2, 0.25) is 0 Å². The number of hydrogen-bond acceptors (Lipinski definition) is 1. The van der Waals surface area contributed by atoms with Crippen LogP contribution in [-0.4, -0.2) is 6.54 Å². The highest BCUT2D eigenvalue weighted by atomic mass is 14.5. The largest absolute Gasteiger partial charge is 0.330 e. The summed E-state index contributed by atoms with van der Waals surface area (Å²) in [7, 11) is 0. The van der Waals surface area contributed by atoms with Crippen LogP contribution in [0.2, 0.25) is 0 Å². The summed E-state index contributed by atoms with van der Waals surface area (Å²) >= 11 is 0. The molecule has 60 valence electrons. The Kier molecular flexibility index (Phi) is 5.32. The van der Waals surface area contributed by atoms with E-state index in [0.717, 1.165) is 6.54 Å². The second kappa shape index (κ2) is 5.48. The Hall–Kier alpha value is -0.300. The molecule has 0 aromatic carbocycles. The van der Waals surface area contributed by atoms with Crippen molar-refractivity contribution in [2.24, 2.45) is 11.7 Å². The number of nitrogens with two attached hydrogens (primary N) is 1. The molecule has 0 aromatic rings. The van der Waals surface area contributed by atoms with Gasteiger partial charge in [0.05, 0.1) is 0 Å². The molecule has 0 bridgehead atoms. The minimum Gasteiger partial charge on any atom is -0.330 e. The Bertz CT molecular complexity index is 101. The number of rotatable bonds is 4. The molecule has 0 saturated heterocycles. The SMILES string of the molecule is CC(C)=CCC[C@H](C)CN. The summed E-state index contributed by atoms with van der Waals surface area (Å²) in [6.07, 6.45) is 4.68. The highest BCUT2D eigenvalue weighted by Gasteiger charge is 1.95. The Morgan fingerprint density at radius 3 is 2.50 bits per heavy atom. The minimum atomic E-state index is 0.676. The standard InChI is InChI=1S/C9H19N/c1-8(2)5-4-6-9(3)7-10/h5,9H,4,6-7,10H2,1-3H3/t9-/m0/s1. The maximum Gasteiger partial charge on any atom is -0.00514 e. The maximum absolute atomic E-state index is 5.47. The molecule has 1 heteroatoms. The molecule has 0 aliphatic heterocycles. The molecule has 0 rings (SSSR count). The molecule has 0 aliphatic carbocycles. The summed E-state index contributed by atoms with van der Waals surface area (Å²) in [5.41, 5.74) is 6.87. The van der Waals surface area contributed by atoms with Gasteiger partial charge in [-0.1, -0.05) is 18.6 Å². The zero-order chi connectivity index (χ0) is 7.98.